The smallest absolute Gasteiger partial charge is 0.259 e. The first-order valence-electron chi connectivity index (χ1n) is 2.73. The van der Waals surface area contributed by atoms with Gasteiger partial charge in [0.15, 0.2) is 0 Å². The summed E-state index contributed by atoms with van der Waals surface area (Å²) in [7, 11) is 0. The third-order valence-corrected chi connectivity index (χ3v) is 2.02. The first-order chi connectivity index (χ1) is 4.47. The molecule has 0 unspecified atom stereocenters. The van der Waals surface area contributed by atoms with Crippen molar-refractivity contribution in [2.24, 2.45) is 0 Å². The molecule has 0 fully saturated rings. The van der Waals surface area contributed by atoms with Crippen LogP contribution in [0.15, 0.2) is 29.4 Å². The van der Waals surface area contributed by atoms with E-state index >= 15 is 0 Å². The van der Waals surface area contributed by atoms with Gasteiger partial charge in [-0.05, 0) is 17.8 Å². The van der Waals surface area contributed by atoms with E-state index in [0.717, 1.165) is 5.94 Å². The van der Waals surface area contributed by atoms with Gasteiger partial charge in [0.05, 0.1) is 0 Å². The number of pyridine rings is 1. The van der Waals surface area contributed by atoms with Crippen LogP contribution in [0.25, 0.3) is 0 Å². The molecule has 0 bridgehead atoms. The second-order valence-corrected chi connectivity index (χ2v) is 2.70. The molecule has 0 aromatic carbocycles. The van der Waals surface area contributed by atoms with E-state index in [0.29, 0.717) is 0 Å². The molecule has 0 spiro atoms. The molecule has 0 radical (unpaired) electrons. The van der Waals surface area contributed by atoms with E-state index in [1.54, 1.807) is 16.5 Å². The van der Waals surface area contributed by atoms with Crippen LogP contribution >= 0.6 is 11.8 Å². The summed E-state index contributed by atoms with van der Waals surface area (Å²) >= 11 is 1.71. The average Bonchev–Trinajstić information content (AvgIpc) is 2.33. The van der Waals surface area contributed by atoms with Gasteiger partial charge < -0.3 is 0 Å². The zero-order valence-corrected chi connectivity index (χ0v) is 5.60. The number of fused-ring (bicyclic) bond motifs is 1. The van der Waals surface area contributed by atoms with Gasteiger partial charge in [0.25, 0.3) is 5.03 Å². The van der Waals surface area contributed by atoms with Gasteiger partial charge in [0.1, 0.15) is 0 Å². The summed E-state index contributed by atoms with van der Waals surface area (Å²) in [6, 6.07) is 6.00. The summed E-state index contributed by atoms with van der Waals surface area (Å²) in [5, 5.41) is 1.18. The predicted molar refractivity (Wildman–Crippen MR) is 33.9 cm³/mol. The van der Waals surface area contributed by atoms with Gasteiger partial charge in [-0.3, -0.25) is 4.84 Å². The highest BCUT2D eigenvalue weighted by Crippen LogP contribution is 2.14. The number of aromatic nitrogens is 1. The van der Waals surface area contributed by atoms with Crippen LogP contribution in [0.4, 0.5) is 0 Å². The Morgan fingerprint density at radius 2 is 2.56 bits per heavy atom. The topological polar surface area (TPSA) is 13.1 Å². The maximum absolute atomic E-state index is 5.18. The quantitative estimate of drug-likeness (QED) is 0.486. The zero-order chi connectivity index (χ0) is 6.10. The lowest BCUT2D eigenvalue weighted by atomic mass is 10.5. The van der Waals surface area contributed by atoms with Gasteiger partial charge in [0.2, 0.25) is 12.1 Å². The molecule has 9 heavy (non-hydrogen) atoms. The lowest BCUT2D eigenvalue weighted by molar-refractivity contribution is -0.909. The van der Waals surface area contributed by atoms with Crippen molar-refractivity contribution in [3.8, 4) is 0 Å². The largest absolute Gasteiger partial charge is 0.294 e. The van der Waals surface area contributed by atoms with Crippen LogP contribution < -0.4 is 9.57 Å². The molecule has 0 saturated heterocycles. The molecular formula is C6H6NOS+. The summed E-state index contributed by atoms with van der Waals surface area (Å²) < 4.78 is 1.78. The Bertz CT molecular complexity index is 203. The Morgan fingerprint density at radius 3 is 3.44 bits per heavy atom. The fourth-order valence-corrected chi connectivity index (χ4v) is 1.48. The zero-order valence-electron chi connectivity index (χ0n) is 4.78. The second kappa shape index (κ2) is 1.92. The van der Waals surface area contributed by atoms with Crippen molar-refractivity contribution in [2.45, 2.75) is 5.03 Å². The molecular weight excluding hydrogens is 134 g/mol. The fourth-order valence-electron chi connectivity index (χ4n) is 0.775. The minimum Gasteiger partial charge on any atom is -0.259 e. The van der Waals surface area contributed by atoms with E-state index in [2.05, 4.69) is 0 Å². The number of thioether (sulfide) groups is 1. The van der Waals surface area contributed by atoms with E-state index in [4.69, 9.17) is 4.84 Å². The Morgan fingerprint density at radius 1 is 1.56 bits per heavy atom. The first kappa shape index (κ1) is 5.11. The molecule has 2 rings (SSSR count). The Kier molecular flexibility index (Phi) is 1.09. The van der Waals surface area contributed by atoms with E-state index in [1.165, 1.54) is 5.03 Å². The third-order valence-electron chi connectivity index (χ3n) is 1.19. The van der Waals surface area contributed by atoms with Gasteiger partial charge in [-0.1, -0.05) is 0 Å². The highest BCUT2D eigenvalue weighted by atomic mass is 32.2. The lowest BCUT2D eigenvalue weighted by Gasteiger charge is -1.83. The normalized spacial score (nSPS) is 14.7. The second-order valence-electron chi connectivity index (χ2n) is 1.76. The molecule has 0 atom stereocenters. The Balaban J connectivity index is 2.54. The van der Waals surface area contributed by atoms with E-state index < -0.39 is 0 Å². The van der Waals surface area contributed by atoms with Gasteiger partial charge in [0, 0.05) is 16.9 Å². The van der Waals surface area contributed by atoms with E-state index in [-0.39, 0.29) is 0 Å². The summed E-state index contributed by atoms with van der Waals surface area (Å²) in [6.45, 7) is 0. The van der Waals surface area contributed by atoms with E-state index in [1.807, 2.05) is 24.4 Å². The Labute approximate surface area is 57.4 Å². The summed E-state index contributed by atoms with van der Waals surface area (Å²) in [4.78, 5) is 5.18. The SMILES string of the molecule is c1cc[n+]2c(c1)SCO2. The van der Waals surface area contributed by atoms with Crippen molar-refractivity contribution < 1.29 is 9.57 Å². The van der Waals surface area contributed by atoms with Crippen LogP contribution in [0.1, 0.15) is 0 Å². The minimum absolute atomic E-state index is 0.740. The van der Waals surface area contributed by atoms with Crippen molar-refractivity contribution >= 4 is 11.8 Å². The maximum atomic E-state index is 5.18. The third kappa shape index (κ3) is 0.772. The summed E-state index contributed by atoms with van der Waals surface area (Å²) in [5.41, 5.74) is 0. The summed E-state index contributed by atoms with van der Waals surface area (Å²) in [5.74, 6) is 0.740. The molecule has 0 N–H and O–H groups in total. The van der Waals surface area contributed by atoms with Crippen molar-refractivity contribution in [1.82, 2.24) is 0 Å². The standard InChI is InChI=1S/C6H6NOS/c1-2-4-7-6(3-1)9-5-8-7/h1-4H,5H2/q+1. The minimum atomic E-state index is 0.740. The molecule has 0 amide bonds. The van der Waals surface area contributed by atoms with Gasteiger partial charge in [-0.15, -0.1) is 0 Å². The van der Waals surface area contributed by atoms with Gasteiger partial charge in [-0.2, -0.15) is 0 Å². The lowest BCUT2D eigenvalue weighted by Crippen LogP contribution is -2.38. The fraction of sp³-hybridized carbons (Fsp3) is 0.167. The van der Waals surface area contributed by atoms with Crippen LogP contribution in [-0.2, 0) is 0 Å². The van der Waals surface area contributed by atoms with Crippen LogP contribution in [0.2, 0.25) is 0 Å². The van der Waals surface area contributed by atoms with Gasteiger partial charge >= 0.3 is 0 Å². The molecule has 46 valence electrons. The number of nitrogens with zero attached hydrogens (tertiary/aromatic N) is 1. The van der Waals surface area contributed by atoms with Crippen molar-refractivity contribution in [1.29, 1.82) is 0 Å². The number of hydrogen-bond donors (Lipinski definition) is 0. The van der Waals surface area contributed by atoms with Crippen molar-refractivity contribution in [2.75, 3.05) is 5.94 Å². The monoisotopic (exact) mass is 140 g/mol. The molecule has 1 aliphatic rings. The first-order valence-corrected chi connectivity index (χ1v) is 3.72. The molecule has 1 aliphatic heterocycles. The molecule has 3 heteroatoms. The van der Waals surface area contributed by atoms with Crippen LogP contribution in [0.5, 0.6) is 0 Å². The van der Waals surface area contributed by atoms with Gasteiger partial charge in [-0.25, -0.2) is 0 Å². The highest BCUT2D eigenvalue weighted by Gasteiger charge is 2.19. The van der Waals surface area contributed by atoms with Crippen LogP contribution in [-0.4, -0.2) is 5.94 Å². The highest BCUT2D eigenvalue weighted by molar-refractivity contribution is 7.99. The number of hydrogen-bond acceptors (Lipinski definition) is 2. The maximum Gasteiger partial charge on any atom is 0.294 e. The molecule has 1 aromatic rings. The molecule has 2 heterocycles. The van der Waals surface area contributed by atoms with Crippen LogP contribution in [0.3, 0.4) is 0 Å². The van der Waals surface area contributed by atoms with E-state index in [9.17, 15) is 0 Å². The molecule has 0 aliphatic carbocycles. The summed E-state index contributed by atoms with van der Waals surface area (Å²) in [6.07, 6.45) is 1.91. The average molecular weight is 140 g/mol. The predicted octanol–water partition coefficient (Wildman–Crippen LogP) is 0.466. The number of rotatable bonds is 0. The van der Waals surface area contributed by atoms with Crippen LogP contribution in [0, 0.1) is 0 Å². The van der Waals surface area contributed by atoms with Crippen molar-refractivity contribution in [3.05, 3.63) is 24.4 Å². The van der Waals surface area contributed by atoms with Crippen molar-refractivity contribution in [3.63, 3.8) is 0 Å². The Hall–Kier alpha value is -0.700. The molecule has 0 saturated carbocycles. The molecule has 2 nitrogen and oxygen atoms in total. The molecule has 1 aromatic heterocycles.